The van der Waals surface area contributed by atoms with Crippen molar-refractivity contribution >= 4 is 27.5 Å². The third-order valence-corrected chi connectivity index (χ3v) is 2.08. The SMILES string of the molecule is CC(C)(Br)C(=O)Nc1ccc(F)c(F)c1. The lowest BCUT2D eigenvalue weighted by molar-refractivity contribution is -0.117. The van der Waals surface area contributed by atoms with Crippen LogP contribution in [0, 0.1) is 11.6 Å². The molecule has 0 spiro atoms. The molecule has 82 valence electrons. The standard InChI is InChI=1S/C10H10BrF2NO/c1-10(2,11)9(15)14-6-3-4-7(12)8(13)5-6/h3-5H,1-2H3,(H,14,15). The van der Waals surface area contributed by atoms with Crippen LogP contribution in [-0.4, -0.2) is 10.2 Å². The minimum absolute atomic E-state index is 0.228. The number of anilines is 1. The Kier molecular flexibility index (Phi) is 3.44. The Morgan fingerprint density at radius 3 is 2.40 bits per heavy atom. The van der Waals surface area contributed by atoms with Crippen molar-refractivity contribution in [2.24, 2.45) is 0 Å². The Morgan fingerprint density at radius 1 is 1.33 bits per heavy atom. The summed E-state index contributed by atoms with van der Waals surface area (Å²) in [6.45, 7) is 3.31. The van der Waals surface area contributed by atoms with Crippen LogP contribution in [0.2, 0.25) is 0 Å². The lowest BCUT2D eigenvalue weighted by Crippen LogP contribution is -2.30. The van der Waals surface area contributed by atoms with E-state index >= 15 is 0 Å². The number of carbonyl (C=O) groups is 1. The smallest absolute Gasteiger partial charge is 0.240 e. The number of halogens is 3. The summed E-state index contributed by atoms with van der Waals surface area (Å²) in [6.07, 6.45) is 0. The van der Waals surface area contributed by atoms with E-state index in [0.29, 0.717) is 0 Å². The van der Waals surface area contributed by atoms with E-state index in [9.17, 15) is 13.6 Å². The van der Waals surface area contributed by atoms with Crippen molar-refractivity contribution in [3.63, 3.8) is 0 Å². The summed E-state index contributed by atoms with van der Waals surface area (Å²) in [7, 11) is 0. The predicted molar refractivity (Wildman–Crippen MR) is 58.0 cm³/mol. The lowest BCUT2D eigenvalue weighted by Gasteiger charge is -2.15. The maximum absolute atomic E-state index is 12.8. The highest BCUT2D eigenvalue weighted by Crippen LogP contribution is 2.20. The predicted octanol–water partition coefficient (Wildman–Crippen LogP) is 3.08. The minimum atomic E-state index is -0.986. The highest BCUT2D eigenvalue weighted by atomic mass is 79.9. The fourth-order valence-electron chi connectivity index (χ4n) is 0.854. The molecule has 0 radical (unpaired) electrons. The molecule has 1 amide bonds. The second-order valence-corrected chi connectivity index (χ2v) is 5.54. The van der Waals surface area contributed by atoms with Crippen molar-refractivity contribution in [2.75, 3.05) is 5.32 Å². The number of amides is 1. The molecule has 1 N–H and O–H groups in total. The molecule has 0 heterocycles. The third-order valence-electron chi connectivity index (χ3n) is 1.72. The average molecular weight is 278 g/mol. The van der Waals surface area contributed by atoms with E-state index < -0.39 is 16.0 Å². The Balaban J connectivity index is 2.83. The lowest BCUT2D eigenvalue weighted by atomic mass is 10.2. The summed E-state index contributed by atoms with van der Waals surface area (Å²) in [4.78, 5) is 11.5. The summed E-state index contributed by atoms with van der Waals surface area (Å²) in [5, 5.41) is 2.46. The molecule has 0 aromatic heterocycles. The number of alkyl halides is 1. The van der Waals surface area contributed by atoms with Gasteiger partial charge in [-0.3, -0.25) is 4.79 Å². The molecule has 1 aromatic carbocycles. The highest BCUT2D eigenvalue weighted by Gasteiger charge is 2.23. The molecular formula is C10H10BrF2NO. The first kappa shape index (κ1) is 12.1. The van der Waals surface area contributed by atoms with E-state index in [2.05, 4.69) is 21.2 Å². The Labute approximate surface area is 94.8 Å². The van der Waals surface area contributed by atoms with Crippen LogP contribution < -0.4 is 5.32 Å². The molecule has 0 saturated carbocycles. The molecule has 0 unspecified atom stereocenters. The van der Waals surface area contributed by atoms with Gasteiger partial charge < -0.3 is 5.32 Å². The normalized spacial score (nSPS) is 11.3. The van der Waals surface area contributed by atoms with Gasteiger partial charge >= 0.3 is 0 Å². The van der Waals surface area contributed by atoms with Gasteiger partial charge in [0.15, 0.2) is 11.6 Å². The Morgan fingerprint density at radius 2 is 1.93 bits per heavy atom. The first-order valence-corrected chi connectivity index (χ1v) is 5.05. The summed E-state index contributed by atoms with van der Waals surface area (Å²) in [5.74, 6) is -2.25. The van der Waals surface area contributed by atoms with E-state index in [4.69, 9.17) is 0 Å². The molecule has 0 saturated heterocycles. The number of carbonyl (C=O) groups excluding carboxylic acids is 1. The molecule has 1 rings (SSSR count). The summed E-state index contributed by atoms with van der Waals surface area (Å²) in [6, 6.07) is 3.20. The molecule has 0 atom stereocenters. The van der Waals surface area contributed by atoms with Crippen LogP contribution in [0.3, 0.4) is 0 Å². The Bertz CT molecular complexity index is 387. The van der Waals surface area contributed by atoms with E-state index in [1.165, 1.54) is 6.07 Å². The van der Waals surface area contributed by atoms with E-state index in [-0.39, 0.29) is 11.6 Å². The van der Waals surface area contributed by atoms with Crippen molar-refractivity contribution in [1.29, 1.82) is 0 Å². The molecular weight excluding hydrogens is 268 g/mol. The third kappa shape index (κ3) is 3.27. The Hall–Kier alpha value is -0.970. The van der Waals surface area contributed by atoms with Gasteiger partial charge in [0.25, 0.3) is 0 Å². The topological polar surface area (TPSA) is 29.1 Å². The van der Waals surface area contributed by atoms with E-state index in [0.717, 1.165) is 12.1 Å². The maximum atomic E-state index is 12.8. The van der Waals surface area contributed by atoms with Crippen LogP contribution >= 0.6 is 15.9 Å². The van der Waals surface area contributed by atoms with Crippen LogP contribution in [0.15, 0.2) is 18.2 Å². The molecule has 0 fully saturated rings. The molecule has 1 aromatic rings. The molecule has 0 aliphatic heterocycles. The van der Waals surface area contributed by atoms with Crippen LogP contribution in [0.5, 0.6) is 0 Å². The van der Waals surface area contributed by atoms with Crippen LogP contribution in [-0.2, 0) is 4.79 Å². The maximum Gasteiger partial charge on any atom is 0.240 e. The molecule has 15 heavy (non-hydrogen) atoms. The first-order chi connectivity index (χ1) is 6.80. The summed E-state index contributed by atoms with van der Waals surface area (Å²) < 4.78 is 24.6. The van der Waals surface area contributed by atoms with Crippen LogP contribution in [0.4, 0.5) is 14.5 Å². The van der Waals surface area contributed by atoms with Crippen LogP contribution in [0.1, 0.15) is 13.8 Å². The van der Waals surface area contributed by atoms with Crippen molar-refractivity contribution in [3.8, 4) is 0 Å². The summed E-state index contributed by atoms with van der Waals surface area (Å²) in [5.41, 5.74) is 0.228. The van der Waals surface area contributed by atoms with Gasteiger partial charge in [-0.1, -0.05) is 15.9 Å². The average Bonchev–Trinajstić information content (AvgIpc) is 2.10. The van der Waals surface area contributed by atoms with Crippen molar-refractivity contribution < 1.29 is 13.6 Å². The van der Waals surface area contributed by atoms with Gasteiger partial charge in [-0.2, -0.15) is 0 Å². The molecule has 0 aliphatic rings. The number of nitrogens with one attached hydrogen (secondary N) is 1. The molecule has 0 aliphatic carbocycles. The van der Waals surface area contributed by atoms with Gasteiger partial charge in [0.05, 0.1) is 4.32 Å². The van der Waals surface area contributed by atoms with Crippen molar-refractivity contribution in [2.45, 2.75) is 18.2 Å². The zero-order valence-electron chi connectivity index (χ0n) is 8.27. The fourth-order valence-corrected chi connectivity index (χ4v) is 0.953. The minimum Gasteiger partial charge on any atom is -0.325 e. The molecule has 2 nitrogen and oxygen atoms in total. The van der Waals surface area contributed by atoms with Gasteiger partial charge in [0, 0.05) is 11.8 Å². The van der Waals surface area contributed by atoms with Gasteiger partial charge in [0.2, 0.25) is 5.91 Å². The van der Waals surface area contributed by atoms with Gasteiger partial charge in [-0.05, 0) is 26.0 Å². The monoisotopic (exact) mass is 277 g/mol. The fraction of sp³-hybridized carbons (Fsp3) is 0.300. The zero-order chi connectivity index (χ0) is 11.6. The van der Waals surface area contributed by atoms with Gasteiger partial charge in [0.1, 0.15) is 0 Å². The van der Waals surface area contributed by atoms with Gasteiger partial charge in [-0.25, -0.2) is 8.78 Å². The van der Waals surface area contributed by atoms with Gasteiger partial charge in [-0.15, -0.1) is 0 Å². The van der Waals surface area contributed by atoms with E-state index in [1.54, 1.807) is 13.8 Å². The largest absolute Gasteiger partial charge is 0.325 e. The quantitative estimate of drug-likeness (QED) is 0.827. The number of hydrogen-bond donors (Lipinski definition) is 1. The zero-order valence-corrected chi connectivity index (χ0v) is 9.86. The second-order valence-electron chi connectivity index (χ2n) is 3.56. The summed E-state index contributed by atoms with van der Waals surface area (Å²) >= 11 is 3.15. The van der Waals surface area contributed by atoms with Crippen LogP contribution in [0.25, 0.3) is 0 Å². The number of rotatable bonds is 2. The van der Waals surface area contributed by atoms with E-state index in [1.807, 2.05) is 0 Å². The van der Waals surface area contributed by atoms with Crippen molar-refractivity contribution in [3.05, 3.63) is 29.8 Å². The van der Waals surface area contributed by atoms with Crippen molar-refractivity contribution in [1.82, 2.24) is 0 Å². The molecule has 5 heteroatoms. The second kappa shape index (κ2) is 4.26. The first-order valence-electron chi connectivity index (χ1n) is 4.26. The number of hydrogen-bond acceptors (Lipinski definition) is 1. The highest BCUT2D eigenvalue weighted by molar-refractivity contribution is 9.10. The number of benzene rings is 1. The molecule has 0 bridgehead atoms.